The number of rotatable bonds is 9. The highest BCUT2D eigenvalue weighted by Crippen LogP contribution is 2.51. The Morgan fingerprint density at radius 3 is 2.15 bits per heavy atom. The molecule has 0 N–H and O–H groups in total. The zero-order valence-corrected chi connectivity index (χ0v) is 24.6. The summed E-state index contributed by atoms with van der Waals surface area (Å²) in [7, 11) is 3.07. The van der Waals surface area contributed by atoms with Crippen LogP contribution in [0.4, 0.5) is 0 Å². The first kappa shape index (κ1) is 29.8. The topological polar surface area (TPSA) is 100 Å². The molecule has 1 aromatic heterocycles. The molecule has 4 rings (SSSR count). The fourth-order valence-electron chi connectivity index (χ4n) is 6.40. The summed E-state index contributed by atoms with van der Waals surface area (Å²) >= 11 is 0. The van der Waals surface area contributed by atoms with Crippen molar-refractivity contribution >= 4 is 11.9 Å². The lowest BCUT2D eigenvalue weighted by Gasteiger charge is -2.36. The third-order valence-corrected chi connectivity index (χ3v) is 8.16. The van der Waals surface area contributed by atoms with Crippen molar-refractivity contribution in [3.05, 3.63) is 47.8 Å². The second kappa shape index (κ2) is 13.0. The monoisotopic (exact) mass is 553 g/mol. The van der Waals surface area contributed by atoms with Crippen LogP contribution in [0, 0.1) is 17.3 Å². The first-order valence-electron chi connectivity index (χ1n) is 14.3. The first-order valence-corrected chi connectivity index (χ1v) is 14.3. The summed E-state index contributed by atoms with van der Waals surface area (Å²) in [6.07, 6.45) is 5.66. The van der Waals surface area contributed by atoms with E-state index < -0.39 is 29.6 Å². The zero-order chi connectivity index (χ0) is 28.9. The molecule has 1 aliphatic carbocycles. The molecular weight excluding hydrogens is 510 g/mol. The van der Waals surface area contributed by atoms with E-state index in [2.05, 4.69) is 30.7 Å². The van der Waals surface area contributed by atoms with Gasteiger partial charge in [0.15, 0.2) is 0 Å². The molecule has 9 nitrogen and oxygen atoms in total. The van der Waals surface area contributed by atoms with E-state index in [1.807, 2.05) is 30.3 Å². The number of amides is 1. The van der Waals surface area contributed by atoms with Crippen molar-refractivity contribution < 1.29 is 28.5 Å². The minimum atomic E-state index is -0.791. The van der Waals surface area contributed by atoms with Gasteiger partial charge < -0.3 is 23.8 Å². The van der Waals surface area contributed by atoms with Crippen LogP contribution in [0.1, 0.15) is 77.0 Å². The van der Waals surface area contributed by atoms with E-state index in [1.54, 1.807) is 11.8 Å². The predicted molar refractivity (Wildman–Crippen MR) is 150 cm³/mol. The Kier molecular flexibility index (Phi) is 9.66. The molecule has 1 amide bonds. The molecule has 1 aliphatic heterocycles. The van der Waals surface area contributed by atoms with Crippen molar-refractivity contribution in [2.75, 3.05) is 20.8 Å². The molecule has 2 aromatic rings. The van der Waals surface area contributed by atoms with Gasteiger partial charge >= 0.3 is 5.97 Å². The number of benzene rings is 1. The van der Waals surface area contributed by atoms with E-state index in [0.29, 0.717) is 17.3 Å². The van der Waals surface area contributed by atoms with Crippen molar-refractivity contribution in [3.63, 3.8) is 0 Å². The van der Waals surface area contributed by atoms with Gasteiger partial charge in [0.25, 0.3) is 0 Å². The average molecular weight is 554 g/mol. The zero-order valence-electron chi connectivity index (χ0n) is 24.6. The summed E-state index contributed by atoms with van der Waals surface area (Å²) in [6.45, 7) is 8.36. The Balaban J connectivity index is 1.84. The molecule has 2 aliphatic rings. The smallest absolute Gasteiger partial charge is 0.329 e. The SMILES string of the molecule is CCOC(=O)C1C(C(C)(C)C)C(OCc2c(OC)ncnc2OC)C(c2ccccc2)N1C(=O)C1CCCCC1. The molecule has 1 aromatic carbocycles. The summed E-state index contributed by atoms with van der Waals surface area (Å²) < 4.78 is 23.4. The summed E-state index contributed by atoms with van der Waals surface area (Å²) in [5, 5.41) is 0. The van der Waals surface area contributed by atoms with Crippen LogP contribution in [-0.4, -0.2) is 59.7 Å². The van der Waals surface area contributed by atoms with E-state index in [-0.39, 0.29) is 31.0 Å². The van der Waals surface area contributed by atoms with Crippen LogP contribution >= 0.6 is 0 Å². The lowest BCUT2D eigenvalue weighted by molar-refractivity contribution is -0.158. The van der Waals surface area contributed by atoms with Crippen LogP contribution in [0.15, 0.2) is 36.7 Å². The Bertz CT molecular complexity index is 1120. The number of esters is 1. The fourth-order valence-corrected chi connectivity index (χ4v) is 6.40. The number of ether oxygens (including phenoxy) is 4. The van der Waals surface area contributed by atoms with Crippen LogP contribution in [-0.2, 0) is 25.7 Å². The van der Waals surface area contributed by atoms with E-state index in [0.717, 1.165) is 37.7 Å². The highest BCUT2D eigenvalue weighted by molar-refractivity contribution is 5.88. The molecule has 0 radical (unpaired) electrons. The number of carbonyl (C=O) groups is 2. The maximum Gasteiger partial charge on any atom is 0.329 e. The van der Waals surface area contributed by atoms with Gasteiger partial charge in [-0.05, 0) is 30.7 Å². The summed E-state index contributed by atoms with van der Waals surface area (Å²) in [5.41, 5.74) is 1.08. The minimum absolute atomic E-state index is 0.00478. The summed E-state index contributed by atoms with van der Waals surface area (Å²) in [5.74, 6) is -0.164. The average Bonchev–Trinajstić information content (AvgIpc) is 3.32. The molecule has 0 spiro atoms. The molecule has 1 saturated carbocycles. The van der Waals surface area contributed by atoms with Gasteiger partial charge in [0.05, 0.1) is 39.6 Å². The molecule has 1 saturated heterocycles. The van der Waals surface area contributed by atoms with Crippen LogP contribution in [0.25, 0.3) is 0 Å². The highest BCUT2D eigenvalue weighted by atomic mass is 16.5. The summed E-state index contributed by atoms with van der Waals surface area (Å²) in [4.78, 5) is 38.4. The molecule has 9 heteroatoms. The lowest BCUT2D eigenvalue weighted by Crippen LogP contribution is -2.49. The quantitative estimate of drug-likeness (QED) is 0.394. The standard InChI is InChI=1S/C31H43N3O6/c1-7-39-30(36)25-23(31(2,3)4)26(40-18-22-27(37-5)32-19-33-28(22)38-6)24(20-14-10-8-11-15-20)34(25)29(35)21-16-12-9-13-17-21/h8,10-11,14-15,19,21,23-26H,7,9,12-13,16-18H2,1-6H3. The Morgan fingerprint density at radius 2 is 1.60 bits per heavy atom. The van der Waals surface area contributed by atoms with Crippen molar-refractivity contribution in [2.45, 2.75) is 84.6 Å². The van der Waals surface area contributed by atoms with E-state index in [9.17, 15) is 9.59 Å². The van der Waals surface area contributed by atoms with Crippen LogP contribution in [0.2, 0.25) is 0 Å². The first-order chi connectivity index (χ1) is 19.2. The third-order valence-electron chi connectivity index (χ3n) is 8.16. The van der Waals surface area contributed by atoms with Crippen molar-refractivity contribution in [2.24, 2.45) is 17.3 Å². The second-order valence-electron chi connectivity index (χ2n) is 11.7. The number of hydrogen-bond donors (Lipinski definition) is 0. The van der Waals surface area contributed by atoms with Gasteiger partial charge in [0.1, 0.15) is 17.9 Å². The molecule has 40 heavy (non-hydrogen) atoms. The highest BCUT2D eigenvalue weighted by Gasteiger charge is 2.59. The Morgan fingerprint density at radius 1 is 0.975 bits per heavy atom. The fraction of sp³-hybridized carbons (Fsp3) is 0.613. The van der Waals surface area contributed by atoms with Crippen molar-refractivity contribution in [1.82, 2.24) is 14.9 Å². The molecule has 2 heterocycles. The molecule has 218 valence electrons. The molecule has 4 atom stereocenters. The van der Waals surface area contributed by atoms with Crippen LogP contribution < -0.4 is 9.47 Å². The van der Waals surface area contributed by atoms with Crippen molar-refractivity contribution in [1.29, 1.82) is 0 Å². The Hall–Kier alpha value is -3.20. The Labute approximate surface area is 237 Å². The predicted octanol–water partition coefficient (Wildman–Crippen LogP) is 5.14. The van der Waals surface area contributed by atoms with Gasteiger partial charge in [-0.15, -0.1) is 0 Å². The summed E-state index contributed by atoms with van der Waals surface area (Å²) in [6, 6.07) is 8.58. The van der Waals surface area contributed by atoms with Crippen LogP contribution in [0.3, 0.4) is 0 Å². The minimum Gasteiger partial charge on any atom is -0.481 e. The maximum atomic E-state index is 14.4. The number of methoxy groups -OCH3 is 2. The molecule has 4 unspecified atom stereocenters. The van der Waals surface area contributed by atoms with Gasteiger partial charge in [-0.3, -0.25) is 4.79 Å². The second-order valence-corrected chi connectivity index (χ2v) is 11.7. The van der Waals surface area contributed by atoms with Crippen molar-refractivity contribution in [3.8, 4) is 11.8 Å². The molecule has 0 bridgehead atoms. The largest absolute Gasteiger partial charge is 0.481 e. The number of likely N-dealkylation sites (tertiary alicyclic amines) is 1. The van der Waals surface area contributed by atoms with Gasteiger partial charge in [-0.25, -0.2) is 14.8 Å². The maximum absolute atomic E-state index is 14.4. The number of hydrogen-bond acceptors (Lipinski definition) is 8. The van der Waals surface area contributed by atoms with Gasteiger partial charge in [-0.2, -0.15) is 0 Å². The lowest BCUT2D eigenvalue weighted by atomic mass is 9.73. The van der Waals surface area contributed by atoms with Gasteiger partial charge in [-0.1, -0.05) is 70.4 Å². The van der Waals surface area contributed by atoms with E-state index in [1.165, 1.54) is 20.5 Å². The van der Waals surface area contributed by atoms with E-state index in [4.69, 9.17) is 18.9 Å². The van der Waals surface area contributed by atoms with Crippen LogP contribution in [0.5, 0.6) is 11.8 Å². The third kappa shape index (κ3) is 6.09. The van der Waals surface area contributed by atoms with Gasteiger partial charge in [0.2, 0.25) is 17.7 Å². The van der Waals surface area contributed by atoms with Gasteiger partial charge in [0, 0.05) is 11.8 Å². The number of nitrogens with zero attached hydrogens (tertiary/aromatic N) is 3. The molecular formula is C31H43N3O6. The molecule has 2 fully saturated rings. The normalized spacial score (nSPS) is 23.6. The number of aromatic nitrogens is 2. The number of carbonyl (C=O) groups excluding carboxylic acids is 2. The van der Waals surface area contributed by atoms with E-state index >= 15 is 0 Å².